The molecule has 2 unspecified atom stereocenters. The molecule has 2 fully saturated rings. The first-order valence-electron chi connectivity index (χ1n) is 6.59. The molecule has 0 spiro atoms. The van der Waals surface area contributed by atoms with Gasteiger partial charge in [-0.1, -0.05) is 0 Å². The van der Waals surface area contributed by atoms with E-state index in [9.17, 15) is 9.59 Å². The van der Waals surface area contributed by atoms with Crippen molar-refractivity contribution in [2.75, 3.05) is 39.8 Å². The first-order valence-corrected chi connectivity index (χ1v) is 6.59. The number of carbonyl (C=O) groups excluding carboxylic acids is 2. The minimum Gasteiger partial charge on any atom is -0.344 e. The minimum absolute atomic E-state index is 0.0239. The highest BCUT2D eigenvalue weighted by Gasteiger charge is 2.32. The number of likely N-dealkylation sites (N-methyl/N-ethyl adjacent to an activating group) is 1. The summed E-state index contributed by atoms with van der Waals surface area (Å²) in [5, 5.41) is 6.12. The third-order valence-corrected chi connectivity index (χ3v) is 3.82. The molecule has 18 heavy (non-hydrogen) atoms. The molecule has 0 bridgehead atoms. The second kappa shape index (κ2) is 5.67. The second-order valence-corrected chi connectivity index (χ2v) is 5.07. The molecule has 2 aliphatic rings. The molecule has 2 amide bonds. The lowest BCUT2D eigenvalue weighted by Crippen LogP contribution is -2.54. The van der Waals surface area contributed by atoms with Crippen LogP contribution < -0.4 is 10.6 Å². The molecule has 2 heterocycles. The van der Waals surface area contributed by atoms with Gasteiger partial charge in [0.1, 0.15) is 6.04 Å². The van der Waals surface area contributed by atoms with Crippen molar-refractivity contribution in [2.45, 2.75) is 25.4 Å². The standard InChI is InChI=1S/C12H22N4O2/c1-9(16-7-4-13-5-8-16)11(17)14-10-3-6-15(2)12(10)18/h9-10,13H,3-8H2,1-2H3,(H,14,17). The lowest BCUT2D eigenvalue weighted by molar-refractivity contribution is -0.133. The summed E-state index contributed by atoms with van der Waals surface area (Å²) >= 11 is 0. The van der Waals surface area contributed by atoms with E-state index in [1.54, 1.807) is 11.9 Å². The van der Waals surface area contributed by atoms with Crippen molar-refractivity contribution >= 4 is 11.8 Å². The van der Waals surface area contributed by atoms with E-state index in [0.29, 0.717) is 0 Å². The van der Waals surface area contributed by atoms with Crippen LogP contribution in [0.5, 0.6) is 0 Å². The maximum absolute atomic E-state index is 12.1. The topological polar surface area (TPSA) is 64.7 Å². The van der Waals surface area contributed by atoms with Gasteiger partial charge in [0.15, 0.2) is 0 Å². The van der Waals surface area contributed by atoms with E-state index < -0.39 is 0 Å². The average Bonchev–Trinajstić information content (AvgIpc) is 2.71. The van der Waals surface area contributed by atoms with Crippen molar-refractivity contribution in [1.29, 1.82) is 0 Å². The molecule has 6 heteroatoms. The van der Waals surface area contributed by atoms with Crippen LogP contribution in [0.2, 0.25) is 0 Å². The zero-order valence-corrected chi connectivity index (χ0v) is 11.1. The van der Waals surface area contributed by atoms with Crippen LogP contribution in [-0.4, -0.2) is 73.5 Å². The van der Waals surface area contributed by atoms with E-state index in [1.807, 2.05) is 6.92 Å². The van der Waals surface area contributed by atoms with Gasteiger partial charge in [-0.2, -0.15) is 0 Å². The fraction of sp³-hybridized carbons (Fsp3) is 0.833. The molecular weight excluding hydrogens is 232 g/mol. The van der Waals surface area contributed by atoms with Gasteiger partial charge in [0.25, 0.3) is 0 Å². The quantitative estimate of drug-likeness (QED) is 0.652. The van der Waals surface area contributed by atoms with Crippen molar-refractivity contribution in [3.63, 3.8) is 0 Å². The number of rotatable bonds is 3. The van der Waals surface area contributed by atoms with Crippen LogP contribution >= 0.6 is 0 Å². The molecule has 102 valence electrons. The molecule has 0 saturated carbocycles. The fourth-order valence-corrected chi connectivity index (χ4v) is 2.48. The van der Waals surface area contributed by atoms with Gasteiger partial charge in [-0.3, -0.25) is 14.5 Å². The summed E-state index contributed by atoms with van der Waals surface area (Å²) in [5.74, 6) is -0.0126. The summed E-state index contributed by atoms with van der Waals surface area (Å²) in [6.45, 7) is 6.24. The van der Waals surface area contributed by atoms with E-state index in [-0.39, 0.29) is 23.9 Å². The molecule has 2 atom stereocenters. The Bertz CT molecular complexity index is 328. The molecule has 0 aromatic rings. The number of amides is 2. The summed E-state index contributed by atoms with van der Waals surface area (Å²) in [7, 11) is 1.77. The minimum atomic E-state index is -0.326. The maximum Gasteiger partial charge on any atom is 0.244 e. The summed E-state index contributed by atoms with van der Waals surface area (Å²) in [6, 6.07) is -0.487. The molecule has 0 radical (unpaired) electrons. The lowest BCUT2D eigenvalue weighted by atomic mass is 10.2. The Morgan fingerprint density at radius 1 is 1.39 bits per heavy atom. The predicted molar refractivity (Wildman–Crippen MR) is 68.1 cm³/mol. The lowest BCUT2D eigenvalue weighted by Gasteiger charge is -2.32. The molecular formula is C12H22N4O2. The van der Waals surface area contributed by atoms with Gasteiger partial charge in [0, 0.05) is 39.8 Å². The Morgan fingerprint density at radius 2 is 2.06 bits per heavy atom. The smallest absolute Gasteiger partial charge is 0.244 e. The van der Waals surface area contributed by atoms with Crippen LogP contribution in [0.15, 0.2) is 0 Å². The Labute approximate surface area is 108 Å². The first-order chi connectivity index (χ1) is 8.59. The summed E-state index contributed by atoms with van der Waals surface area (Å²) in [6.07, 6.45) is 0.718. The van der Waals surface area contributed by atoms with Crippen molar-refractivity contribution in [3.8, 4) is 0 Å². The Kier molecular flexibility index (Phi) is 4.19. The van der Waals surface area contributed by atoms with Gasteiger partial charge < -0.3 is 15.5 Å². The van der Waals surface area contributed by atoms with Gasteiger partial charge in [-0.05, 0) is 13.3 Å². The molecule has 0 aliphatic carbocycles. The second-order valence-electron chi connectivity index (χ2n) is 5.07. The largest absolute Gasteiger partial charge is 0.344 e. The van der Waals surface area contributed by atoms with Crippen LogP contribution in [0.3, 0.4) is 0 Å². The van der Waals surface area contributed by atoms with Gasteiger partial charge in [-0.15, -0.1) is 0 Å². The molecule has 0 aromatic carbocycles. The van der Waals surface area contributed by atoms with E-state index in [4.69, 9.17) is 0 Å². The van der Waals surface area contributed by atoms with E-state index in [0.717, 1.165) is 39.1 Å². The van der Waals surface area contributed by atoms with Crippen molar-refractivity contribution < 1.29 is 9.59 Å². The van der Waals surface area contributed by atoms with Gasteiger partial charge in [0.05, 0.1) is 6.04 Å². The third kappa shape index (κ3) is 2.81. The normalized spacial score (nSPS) is 27.3. The first kappa shape index (κ1) is 13.3. The molecule has 2 aliphatic heterocycles. The van der Waals surface area contributed by atoms with Crippen molar-refractivity contribution in [1.82, 2.24) is 20.4 Å². The average molecular weight is 254 g/mol. The van der Waals surface area contributed by atoms with E-state index in [1.165, 1.54) is 0 Å². The molecule has 0 aromatic heterocycles. The number of hydrogen-bond donors (Lipinski definition) is 2. The van der Waals surface area contributed by atoms with E-state index >= 15 is 0 Å². The van der Waals surface area contributed by atoms with Gasteiger partial charge in [0.2, 0.25) is 11.8 Å². The Balaban J connectivity index is 1.85. The summed E-state index contributed by atoms with van der Waals surface area (Å²) in [4.78, 5) is 27.6. The highest BCUT2D eigenvalue weighted by molar-refractivity contribution is 5.90. The summed E-state index contributed by atoms with van der Waals surface area (Å²) in [5.41, 5.74) is 0. The zero-order chi connectivity index (χ0) is 13.1. The van der Waals surface area contributed by atoms with Gasteiger partial charge in [-0.25, -0.2) is 0 Å². The maximum atomic E-state index is 12.1. The van der Waals surface area contributed by atoms with Crippen LogP contribution in [0, 0.1) is 0 Å². The summed E-state index contributed by atoms with van der Waals surface area (Å²) < 4.78 is 0. The van der Waals surface area contributed by atoms with Gasteiger partial charge >= 0.3 is 0 Å². The van der Waals surface area contributed by atoms with Crippen LogP contribution in [0.25, 0.3) is 0 Å². The Morgan fingerprint density at radius 3 is 2.61 bits per heavy atom. The van der Waals surface area contributed by atoms with Crippen molar-refractivity contribution in [3.05, 3.63) is 0 Å². The fourth-order valence-electron chi connectivity index (χ4n) is 2.48. The zero-order valence-electron chi connectivity index (χ0n) is 11.1. The SMILES string of the molecule is CC(C(=O)NC1CCN(C)C1=O)N1CCNCC1. The van der Waals surface area contributed by atoms with Crippen LogP contribution in [-0.2, 0) is 9.59 Å². The number of nitrogens with zero attached hydrogens (tertiary/aromatic N) is 2. The molecule has 2 rings (SSSR count). The predicted octanol–water partition coefficient (Wildman–Crippen LogP) is -1.37. The highest BCUT2D eigenvalue weighted by atomic mass is 16.2. The number of hydrogen-bond acceptors (Lipinski definition) is 4. The monoisotopic (exact) mass is 254 g/mol. The molecule has 2 saturated heterocycles. The molecule has 2 N–H and O–H groups in total. The number of nitrogens with one attached hydrogen (secondary N) is 2. The third-order valence-electron chi connectivity index (χ3n) is 3.82. The Hall–Kier alpha value is -1.14. The van der Waals surface area contributed by atoms with E-state index in [2.05, 4.69) is 15.5 Å². The van der Waals surface area contributed by atoms with Crippen LogP contribution in [0.1, 0.15) is 13.3 Å². The van der Waals surface area contributed by atoms with Crippen LogP contribution in [0.4, 0.5) is 0 Å². The van der Waals surface area contributed by atoms with Crippen molar-refractivity contribution in [2.24, 2.45) is 0 Å². The number of piperazine rings is 1. The number of carbonyl (C=O) groups is 2. The molecule has 6 nitrogen and oxygen atoms in total. The highest BCUT2D eigenvalue weighted by Crippen LogP contribution is 2.09. The number of likely N-dealkylation sites (tertiary alicyclic amines) is 1.